The Morgan fingerprint density at radius 3 is 2.71 bits per heavy atom. The summed E-state index contributed by atoms with van der Waals surface area (Å²) < 4.78 is 30.7. The van der Waals surface area contributed by atoms with Crippen LogP contribution in [0.1, 0.15) is 23.2 Å². The molecular formula is C10H9BrF2INO2. The van der Waals surface area contributed by atoms with Crippen molar-refractivity contribution in [2.75, 3.05) is 7.11 Å². The molecule has 0 radical (unpaired) electrons. The molecule has 0 unspecified atom stereocenters. The zero-order valence-electron chi connectivity index (χ0n) is 8.84. The van der Waals surface area contributed by atoms with Gasteiger partial charge < -0.3 is 4.74 Å². The number of rotatable bonds is 4. The highest BCUT2D eigenvalue weighted by atomic mass is 127. The molecule has 0 aliphatic heterocycles. The van der Waals surface area contributed by atoms with Gasteiger partial charge >= 0.3 is 5.97 Å². The van der Waals surface area contributed by atoms with Gasteiger partial charge in [0, 0.05) is 15.1 Å². The van der Waals surface area contributed by atoms with Crippen molar-refractivity contribution in [2.24, 2.45) is 0 Å². The van der Waals surface area contributed by atoms with Crippen LogP contribution in [0.25, 0.3) is 0 Å². The topological polar surface area (TPSA) is 39.2 Å². The van der Waals surface area contributed by atoms with Crippen LogP contribution in [0.15, 0.2) is 6.20 Å². The molecule has 94 valence electrons. The van der Waals surface area contributed by atoms with Crippen molar-refractivity contribution in [3.05, 3.63) is 26.6 Å². The molecule has 0 amide bonds. The van der Waals surface area contributed by atoms with Crippen LogP contribution in [0.2, 0.25) is 0 Å². The van der Waals surface area contributed by atoms with Crippen LogP contribution >= 0.6 is 38.5 Å². The molecule has 0 aliphatic rings. The maximum Gasteiger partial charge on any atom is 0.310 e. The van der Waals surface area contributed by atoms with Gasteiger partial charge in [0.05, 0.1) is 13.5 Å². The first kappa shape index (κ1) is 14.7. The highest BCUT2D eigenvalue weighted by Crippen LogP contribution is 2.28. The minimum absolute atomic E-state index is 0.0298. The Morgan fingerprint density at radius 1 is 1.59 bits per heavy atom. The molecule has 0 aliphatic carbocycles. The molecule has 1 aromatic rings. The van der Waals surface area contributed by atoms with E-state index in [1.54, 1.807) is 0 Å². The van der Waals surface area contributed by atoms with Gasteiger partial charge in [0.1, 0.15) is 5.69 Å². The number of alkyl halides is 3. The molecule has 1 heterocycles. The molecule has 3 nitrogen and oxygen atoms in total. The fourth-order valence-corrected chi connectivity index (χ4v) is 2.61. The third-order valence-electron chi connectivity index (χ3n) is 2.17. The molecular weight excluding hydrogens is 411 g/mol. The van der Waals surface area contributed by atoms with Gasteiger partial charge in [-0.2, -0.15) is 0 Å². The first-order valence-electron chi connectivity index (χ1n) is 4.58. The van der Waals surface area contributed by atoms with E-state index in [2.05, 4.69) is 25.7 Å². The van der Waals surface area contributed by atoms with Crippen molar-refractivity contribution < 1.29 is 18.3 Å². The average Bonchev–Trinajstić information content (AvgIpc) is 2.30. The van der Waals surface area contributed by atoms with Crippen LogP contribution < -0.4 is 0 Å². The Morgan fingerprint density at radius 2 is 2.24 bits per heavy atom. The van der Waals surface area contributed by atoms with E-state index in [0.717, 1.165) is 0 Å². The van der Waals surface area contributed by atoms with Gasteiger partial charge in [-0.25, -0.2) is 8.78 Å². The van der Waals surface area contributed by atoms with Gasteiger partial charge in [0.2, 0.25) is 0 Å². The van der Waals surface area contributed by atoms with Gasteiger partial charge in [0.15, 0.2) is 0 Å². The van der Waals surface area contributed by atoms with Gasteiger partial charge in [-0.05, 0) is 33.7 Å². The monoisotopic (exact) mass is 419 g/mol. The summed E-state index contributed by atoms with van der Waals surface area (Å²) in [5.41, 5.74) is 0.609. The number of aromatic nitrogens is 1. The van der Waals surface area contributed by atoms with E-state index in [0.29, 0.717) is 14.7 Å². The average molecular weight is 420 g/mol. The first-order valence-corrected chi connectivity index (χ1v) is 6.78. The standard InChI is InChI=1S/C10H9BrF2INO2/c1-17-8(16)2-5-6(3-11)9(10(12)13)15-4-7(5)14/h4,10H,2-3H2,1H3. The molecule has 0 saturated heterocycles. The number of nitrogens with zero attached hydrogens (tertiary/aromatic N) is 1. The van der Waals surface area contributed by atoms with Crippen molar-refractivity contribution in [3.8, 4) is 0 Å². The van der Waals surface area contributed by atoms with Gasteiger partial charge in [0.25, 0.3) is 6.43 Å². The summed E-state index contributed by atoms with van der Waals surface area (Å²) in [6, 6.07) is 0. The normalized spacial score (nSPS) is 10.7. The molecule has 0 N–H and O–H groups in total. The van der Waals surface area contributed by atoms with Gasteiger partial charge in [-0.15, -0.1) is 0 Å². The van der Waals surface area contributed by atoms with E-state index < -0.39 is 12.4 Å². The molecule has 0 saturated carbocycles. The molecule has 7 heteroatoms. The van der Waals surface area contributed by atoms with E-state index >= 15 is 0 Å². The largest absolute Gasteiger partial charge is 0.469 e. The van der Waals surface area contributed by atoms with Crippen LogP contribution in [-0.2, 0) is 21.3 Å². The molecule has 0 fully saturated rings. The smallest absolute Gasteiger partial charge is 0.310 e. The Labute approximate surface area is 119 Å². The molecule has 17 heavy (non-hydrogen) atoms. The number of hydrogen-bond acceptors (Lipinski definition) is 3. The predicted molar refractivity (Wildman–Crippen MR) is 70.3 cm³/mol. The Kier molecular flexibility index (Phi) is 5.71. The molecule has 1 aromatic heterocycles. The number of esters is 1. The zero-order valence-corrected chi connectivity index (χ0v) is 12.6. The van der Waals surface area contributed by atoms with Crippen molar-refractivity contribution in [1.82, 2.24) is 4.98 Å². The lowest BCUT2D eigenvalue weighted by Gasteiger charge is -2.12. The minimum atomic E-state index is -2.66. The van der Waals surface area contributed by atoms with E-state index in [4.69, 9.17) is 0 Å². The summed E-state index contributed by atoms with van der Waals surface area (Å²) in [7, 11) is 1.26. The van der Waals surface area contributed by atoms with E-state index in [1.807, 2.05) is 22.6 Å². The lowest BCUT2D eigenvalue weighted by molar-refractivity contribution is -0.139. The Balaban J connectivity index is 3.25. The van der Waals surface area contributed by atoms with E-state index in [9.17, 15) is 13.6 Å². The minimum Gasteiger partial charge on any atom is -0.469 e. The van der Waals surface area contributed by atoms with Crippen LogP contribution in [-0.4, -0.2) is 18.1 Å². The second-order valence-corrected chi connectivity index (χ2v) is 4.86. The third-order valence-corrected chi connectivity index (χ3v) is 3.66. The Bertz CT molecular complexity index is 429. The molecule has 0 aromatic carbocycles. The molecule has 0 atom stereocenters. The first-order chi connectivity index (χ1) is 8.01. The quantitative estimate of drug-likeness (QED) is 0.427. The molecule has 0 bridgehead atoms. The second kappa shape index (κ2) is 6.58. The Hall–Kier alpha value is -0.310. The highest BCUT2D eigenvalue weighted by molar-refractivity contribution is 14.1. The maximum absolute atomic E-state index is 12.7. The fraction of sp³-hybridized carbons (Fsp3) is 0.400. The second-order valence-electron chi connectivity index (χ2n) is 3.14. The number of hydrogen-bond donors (Lipinski definition) is 0. The summed E-state index contributed by atoms with van der Waals surface area (Å²) in [4.78, 5) is 14.9. The fourth-order valence-electron chi connectivity index (χ4n) is 1.33. The van der Waals surface area contributed by atoms with Gasteiger partial charge in [-0.1, -0.05) is 15.9 Å². The van der Waals surface area contributed by atoms with Crippen LogP contribution in [0.4, 0.5) is 8.78 Å². The van der Waals surface area contributed by atoms with Crippen molar-refractivity contribution in [2.45, 2.75) is 18.2 Å². The number of halogens is 4. The lowest BCUT2D eigenvalue weighted by Crippen LogP contribution is -2.11. The van der Waals surface area contributed by atoms with Crippen molar-refractivity contribution in [1.29, 1.82) is 0 Å². The third kappa shape index (κ3) is 3.57. The van der Waals surface area contributed by atoms with Crippen molar-refractivity contribution >= 4 is 44.5 Å². The maximum atomic E-state index is 12.7. The van der Waals surface area contributed by atoms with E-state index in [-0.39, 0.29) is 17.4 Å². The predicted octanol–water partition coefficient (Wildman–Crippen LogP) is 3.23. The number of pyridine rings is 1. The highest BCUT2D eigenvalue weighted by Gasteiger charge is 2.21. The summed E-state index contributed by atoms with van der Waals surface area (Å²) in [5, 5.41) is 0.225. The van der Waals surface area contributed by atoms with Gasteiger partial charge in [-0.3, -0.25) is 9.78 Å². The summed E-state index contributed by atoms with van der Waals surface area (Å²) in [6.45, 7) is 0. The van der Waals surface area contributed by atoms with Crippen LogP contribution in [0, 0.1) is 3.57 Å². The summed E-state index contributed by atoms with van der Waals surface area (Å²) in [6.07, 6.45) is -1.35. The zero-order chi connectivity index (χ0) is 13.0. The van der Waals surface area contributed by atoms with Crippen LogP contribution in [0.3, 0.4) is 0 Å². The number of methoxy groups -OCH3 is 1. The number of carbonyl (C=O) groups is 1. The van der Waals surface area contributed by atoms with Crippen molar-refractivity contribution in [3.63, 3.8) is 0 Å². The molecule has 0 spiro atoms. The lowest BCUT2D eigenvalue weighted by atomic mass is 10.1. The van der Waals surface area contributed by atoms with E-state index in [1.165, 1.54) is 13.3 Å². The SMILES string of the molecule is COC(=O)Cc1c(I)cnc(C(F)F)c1CBr. The number of carbonyl (C=O) groups excluding carboxylic acids is 1. The van der Waals surface area contributed by atoms with Crippen LogP contribution in [0.5, 0.6) is 0 Å². The summed E-state index contributed by atoms with van der Waals surface area (Å²) in [5.74, 6) is -0.462. The molecule has 1 rings (SSSR count). The number of ether oxygens (including phenoxy) is 1. The summed E-state index contributed by atoms with van der Waals surface area (Å²) >= 11 is 5.11.